The normalized spacial score (nSPS) is 24.7. The van der Waals surface area contributed by atoms with Gasteiger partial charge in [-0.1, -0.05) is 6.08 Å². The molecule has 0 N–H and O–H groups in total. The number of rotatable bonds is 1. The molecule has 15 heavy (non-hydrogen) atoms. The fraction of sp³-hybridized carbons (Fsp3) is 0.300. The van der Waals surface area contributed by atoms with Gasteiger partial charge in [0.1, 0.15) is 12.8 Å². The molecule has 0 fully saturated rings. The van der Waals surface area contributed by atoms with Gasteiger partial charge in [0.25, 0.3) is 0 Å². The lowest BCUT2D eigenvalue weighted by Crippen LogP contribution is -2.43. The lowest BCUT2D eigenvalue weighted by molar-refractivity contribution is -0.417. The molecule has 0 aromatic carbocycles. The number of hydrogen-bond acceptors (Lipinski definition) is 4. The molecule has 0 saturated heterocycles. The number of esters is 1. The van der Waals surface area contributed by atoms with Crippen molar-refractivity contribution in [3.63, 3.8) is 0 Å². The van der Waals surface area contributed by atoms with Gasteiger partial charge in [0.15, 0.2) is 5.92 Å². The summed E-state index contributed by atoms with van der Waals surface area (Å²) in [5, 5.41) is 0. The molecule has 1 aliphatic carbocycles. The van der Waals surface area contributed by atoms with Crippen molar-refractivity contribution >= 4 is 17.8 Å². The second-order valence-corrected chi connectivity index (χ2v) is 3.24. The molecule has 1 unspecified atom stereocenters. The van der Waals surface area contributed by atoms with Crippen molar-refractivity contribution in [1.29, 1.82) is 0 Å². The van der Waals surface area contributed by atoms with Crippen molar-refractivity contribution in [3.8, 4) is 0 Å². The molecule has 78 valence electrons. The van der Waals surface area contributed by atoms with Crippen molar-refractivity contribution in [2.45, 2.75) is 0 Å². The summed E-state index contributed by atoms with van der Waals surface area (Å²) in [5.74, 6) is -0.731. The first kappa shape index (κ1) is 9.64. The molecule has 5 heteroatoms. The monoisotopic (exact) mass is 208 g/mol. The first-order chi connectivity index (χ1) is 7.15. The Kier molecular flexibility index (Phi) is 2.15. The molecule has 5 nitrogen and oxygen atoms in total. The van der Waals surface area contributed by atoms with Crippen molar-refractivity contribution in [2.24, 2.45) is 5.92 Å². The summed E-state index contributed by atoms with van der Waals surface area (Å²) in [6, 6.07) is 0. The van der Waals surface area contributed by atoms with E-state index in [1.165, 1.54) is 11.7 Å². The molecule has 0 saturated carbocycles. The molecule has 2 aliphatic rings. The number of amides is 1. The van der Waals surface area contributed by atoms with Gasteiger partial charge in [-0.3, -0.25) is 0 Å². The fourth-order valence-corrected chi connectivity index (χ4v) is 1.63. The van der Waals surface area contributed by atoms with E-state index in [-0.39, 0.29) is 0 Å². The Bertz CT molecular complexity index is 431. The minimum Gasteiger partial charge on any atom is -0.500 e. The van der Waals surface area contributed by atoms with Gasteiger partial charge in [0, 0.05) is 6.08 Å². The smallest absolute Gasteiger partial charge is 0.500 e. The van der Waals surface area contributed by atoms with E-state index >= 15 is 0 Å². The molecule has 1 amide bonds. The number of hydrogen-bond donors (Lipinski definition) is 0. The lowest BCUT2D eigenvalue weighted by Gasteiger charge is -2.20. The van der Waals surface area contributed by atoms with E-state index in [0.29, 0.717) is 11.5 Å². The summed E-state index contributed by atoms with van der Waals surface area (Å²) in [6.07, 6.45) is 4.45. The number of ether oxygens (including phenoxy) is 2. The fourth-order valence-electron chi connectivity index (χ4n) is 1.63. The maximum Gasteiger partial charge on any atom is 0.604 e. The molecule has 0 spiro atoms. The number of methoxy groups -OCH3 is 1. The third-order valence-electron chi connectivity index (χ3n) is 2.43. The highest BCUT2D eigenvalue weighted by Crippen LogP contribution is 2.23. The first-order valence-electron chi connectivity index (χ1n) is 4.43. The standard InChI is InChI=1S/C10H10NO4/c1-11-6-4-3-5-7(14-2)8(6)9(12)15-10(11)13/h3-5,8H,1-2H3/q+1. The summed E-state index contributed by atoms with van der Waals surface area (Å²) in [6.45, 7) is 0. The van der Waals surface area contributed by atoms with Crippen LogP contribution in [0.2, 0.25) is 0 Å². The average molecular weight is 208 g/mol. The molecule has 0 bridgehead atoms. The Morgan fingerprint density at radius 2 is 2.20 bits per heavy atom. The van der Waals surface area contributed by atoms with Gasteiger partial charge in [-0.15, -0.1) is 4.58 Å². The molecule has 2 rings (SSSR count). The van der Waals surface area contributed by atoms with Crippen LogP contribution in [0.3, 0.4) is 0 Å². The van der Waals surface area contributed by atoms with Crippen LogP contribution in [-0.4, -0.2) is 36.5 Å². The largest absolute Gasteiger partial charge is 0.604 e. The lowest BCUT2D eigenvalue weighted by atomic mass is 9.95. The SMILES string of the molecule is COC1=CC=CC2=[N+](C)C(=O)OC(=O)C12. The Morgan fingerprint density at radius 3 is 2.87 bits per heavy atom. The van der Waals surface area contributed by atoms with Gasteiger partial charge in [-0.2, -0.15) is 4.79 Å². The van der Waals surface area contributed by atoms with E-state index in [0.717, 1.165) is 0 Å². The van der Waals surface area contributed by atoms with Gasteiger partial charge in [0.05, 0.1) is 7.11 Å². The second kappa shape index (κ2) is 3.34. The van der Waals surface area contributed by atoms with E-state index in [2.05, 4.69) is 4.74 Å². The maximum atomic E-state index is 11.5. The molecular formula is C10H10NO4+. The highest BCUT2D eigenvalue weighted by Gasteiger charge is 2.45. The first-order valence-corrected chi connectivity index (χ1v) is 4.43. The summed E-state index contributed by atoms with van der Waals surface area (Å²) in [5.41, 5.74) is 0.579. The van der Waals surface area contributed by atoms with Crippen LogP contribution in [0.25, 0.3) is 0 Å². The zero-order valence-corrected chi connectivity index (χ0v) is 8.39. The number of allylic oxidation sites excluding steroid dienone is 3. The average Bonchev–Trinajstić information content (AvgIpc) is 2.25. The Hall–Kier alpha value is -1.91. The van der Waals surface area contributed by atoms with Gasteiger partial charge in [-0.25, -0.2) is 4.79 Å². The highest BCUT2D eigenvalue weighted by atomic mass is 16.6. The minimum absolute atomic E-state index is 0.483. The summed E-state index contributed by atoms with van der Waals surface area (Å²) < 4.78 is 10.9. The molecular weight excluding hydrogens is 198 g/mol. The maximum absolute atomic E-state index is 11.5. The van der Waals surface area contributed by atoms with Crippen LogP contribution in [-0.2, 0) is 14.3 Å². The van der Waals surface area contributed by atoms with E-state index < -0.39 is 18.0 Å². The molecule has 1 heterocycles. The molecule has 0 aromatic heterocycles. The molecule has 1 atom stereocenters. The van der Waals surface area contributed by atoms with E-state index in [1.807, 2.05) is 0 Å². The molecule has 0 aromatic rings. The summed E-state index contributed by atoms with van der Waals surface area (Å²) >= 11 is 0. The number of fused-ring (bicyclic) bond motifs is 1. The van der Waals surface area contributed by atoms with Crippen molar-refractivity contribution in [2.75, 3.05) is 14.2 Å². The number of carbonyl (C=O) groups is 2. The van der Waals surface area contributed by atoms with Gasteiger partial charge in [-0.05, 0) is 6.08 Å². The van der Waals surface area contributed by atoms with Crippen LogP contribution >= 0.6 is 0 Å². The van der Waals surface area contributed by atoms with Crippen molar-refractivity contribution in [3.05, 3.63) is 24.0 Å². The number of nitrogens with zero attached hydrogens (tertiary/aromatic N) is 1. The zero-order chi connectivity index (χ0) is 11.0. The topological polar surface area (TPSA) is 55.6 Å². The third kappa shape index (κ3) is 1.36. The van der Waals surface area contributed by atoms with Crippen molar-refractivity contribution in [1.82, 2.24) is 0 Å². The van der Waals surface area contributed by atoms with E-state index in [1.54, 1.807) is 25.3 Å². The molecule has 0 radical (unpaired) electrons. The van der Waals surface area contributed by atoms with Gasteiger partial charge >= 0.3 is 12.1 Å². The van der Waals surface area contributed by atoms with E-state index in [9.17, 15) is 9.59 Å². The third-order valence-corrected chi connectivity index (χ3v) is 2.43. The summed E-state index contributed by atoms with van der Waals surface area (Å²) in [7, 11) is 3.03. The minimum atomic E-state index is -0.659. The van der Waals surface area contributed by atoms with Gasteiger partial charge in [0.2, 0.25) is 5.71 Å². The van der Waals surface area contributed by atoms with Crippen LogP contribution < -0.4 is 0 Å². The van der Waals surface area contributed by atoms with Gasteiger partial charge < -0.3 is 9.47 Å². The van der Waals surface area contributed by atoms with Crippen LogP contribution in [0.4, 0.5) is 4.79 Å². The quantitative estimate of drug-likeness (QED) is 0.357. The summed E-state index contributed by atoms with van der Waals surface area (Å²) in [4.78, 5) is 22.7. The number of carbonyl (C=O) groups excluding carboxylic acids is 2. The second-order valence-electron chi connectivity index (χ2n) is 3.24. The predicted octanol–water partition coefficient (Wildman–Crippen LogP) is 0.463. The highest BCUT2D eigenvalue weighted by molar-refractivity contribution is 6.13. The van der Waals surface area contributed by atoms with E-state index in [4.69, 9.17) is 4.74 Å². The molecule has 1 aliphatic heterocycles. The zero-order valence-electron chi connectivity index (χ0n) is 8.39. The van der Waals surface area contributed by atoms with Crippen LogP contribution in [0.15, 0.2) is 24.0 Å². The van der Waals surface area contributed by atoms with Crippen LogP contribution in [0.1, 0.15) is 0 Å². The van der Waals surface area contributed by atoms with Crippen molar-refractivity contribution < 1.29 is 23.6 Å². The Balaban J connectivity index is 2.53. The van der Waals surface area contributed by atoms with Crippen LogP contribution in [0, 0.1) is 5.92 Å². The Morgan fingerprint density at radius 1 is 1.47 bits per heavy atom. The van der Waals surface area contributed by atoms with Crippen LogP contribution in [0.5, 0.6) is 0 Å². The predicted molar refractivity (Wildman–Crippen MR) is 50.4 cm³/mol. The Labute approximate surface area is 86.3 Å². The number of cyclic esters (lactones) is 2.